The number of anilines is 3. The molecular weight excluding hydrogens is 312 g/mol. The van der Waals surface area contributed by atoms with E-state index in [4.69, 9.17) is 14.7 Å². The Balaban J connectivity index is 2.12. The van der Waals surface area contributed by atoms with Gasteiger partial charge >= 0.3 is 0 Å². The third-order valence-corrected chi connectivity index (χ3v) is 4.44. The van der Waals surface area contributed by atoms with Crippen LogP contribution >= 0.6 is 0 Å². The predicted molar refractivity (Wildman–Crippen MR) is 104 cm³/mol. The average Bonchev–Trinajstić information content (AvgIpc) is 2.65. The van der Waals surface area contributed by atoms with E-state index in [0.717, 1.165) is 34.1 Å². The minimum absolute atomic E-state index is 0.320. The summed E-state index contributed by atoms with van der Waals surface area (Å²) < 4.78 is 5.25. The molecule has 5 nitrogen and oxygen atoms in total. The highest BCUT2D eigenvalue weighted by atomic mass is 16.5. The molecule has 0 bridgehead atoms. The fourth-order valence-electron chi connectivity index (χ4n) is 2.62. The molecule has 0 saturated carbocycles. The minimum Gasteiger partial charge on any atom is -0.497 e. The molecule has 0 N–H and O–H groups in total. The van der Waals surface area contributed by atoms with E-state index in [1.165, 1.54) is 0 Å². The van der Waals surface area contributed by atoms with Crippen molar-refractivity contribution in [2.24, 2.45) is 0 Å². The summed E-state index contributed by atoms with van der Waals surface area (Å²) in [6.45, 7) is 4.26. The first-order valence-corrected chi connectivity index (χ1v) is 8.38. The monoisotopic (exact) mass is 336 g/mol. The van der Waals surface area contributed by atoms with Crippen LogP contribution in [0.1, 0.15) is 13.8 Å². The number of hydrogen-bond acceptors (Lipinski definition) is 5. The molecule has 2 aromatic carbocycles. The molecule has 25 heavy (non-hydrogen) atoms. The Labute approximate surface area is 148 Å². The summed E-state index contributed by atoms with van der Waals surface area (Å²) in [6, 6.07) is 16.4. The van der Waals surface area contributed by atoms with Crippen LogP contribution in [0.5, 0.6) is 5.75 Å². The van der Waals surface area contributed by atoms with Crippen molar-refractivity contribution in [2.45, 2.75) is 19.9 Å². The Morgan fingerprint density at radius 1 is 0.920 bits per heavy atom. The number of methoxy groups -OCH3 is 1. The summed E-state index contributed by atoms with van der Waals surface area (Å²) in [5.74, 6) is 2.45. The molecule has 0 spiro atoms. The van der Waals surface area contributed by atoms with Gasteiger partial charge in [-0.1, -0.05) is 12.1 Å². The van der Waals surface area contributed by atoms with Crippen molar-refractivity contribution in [1.29, 1.82) is 0 Å². The van der Waals surface area contributed by atoms with Crippen molar-refractivity contribution in [2.75, 3.05) is 31.0 Å². The third-order valence-electron chi connectivity index (χ3n) is 4.44. The fourth-order valence-corrected chi connectivity index (χ4v) is 2.62. The highest BCUT2D eigenvalue weighted by Crippen LogP contribution is 2.31. The van der Waals surface area contributed by atoms with Crippen molar-refractivity contribution in [1.82, 2.24) is 9.97 Å². The van der Waals surface area contributed by atoms with Gasteiger partial charge in [-0.25, -0.2) is 4.98 Å². The lowest BCUT2D eigenvalue weighted by atomic mass is 10.2. The molecule has 3 aromatic rings. The first-order chi connectivity index (χ1) is 12.0. The van der Waals surface area contributed by atoms with Gasteiger partial charge in [0.05, 0.1) is 12.6 Å². The van der Waals surface area contributed by atoms with Gasteiger partial charge in [0.1, 0.15) is 11.6 Å². The second-order valence-corrected chi connectivity index (χ2v) is 6.33. The summed E-state index contributed by atoms with van der Waals surface area (Å²) in [5.41, 5.74) is 1.98. The zero-order chi connectivity index (χ0) is 18.0. The van der Waals surface area contributed by atoms with E-state index in [1.807, 2.05) is 56.6 Å². The van der Waals surface area contributed by atoms with Gasteiger partial charge in [0.15, 0.2) is 0 Å². The Bertz CT molecular complexity index is 861. The van der Waals surface area contributed by atoms with E-state index in [1.54, 1.807) is 7.11 Å². The number of ether oxygens (including phenoxy) is 1. The standard InChI is InChI=1S/C20H24N4O/c1-14(2)23(3)20-21-18-9-7-6-8-17(18)19(22-20)24(4)15-10-12-16(25-5)13-11-15/h6-14H,1-5H3. The molecule has 1 aromatic heterocycles. The molecule has 0 fully saturated rings. The van der Waals surface area contributed by atoms with Gasteiger partial charge in [0.2, 0.25) is 5.95 Å². The average molecular weight is 336 g/mol. The van der Waals surface area contributed by atoms with Crippen LogP contribution in [-0.4, -0.2) is 37.2 Å². The van der Waals surface area contributed by atoms with E-state index < -0.39 is 0 Å². The van der Waals surface area contributed by atoms with E-state index in [9.17, 15) is 0 Å². The van der Waals surface area contributed by atoms with E-state index in [0.29, 0.717) is 6.04 Å². The normalized spacial score (nSPS) is 11.0. The lowest BCUT2D eigenvalue weighted by Gasteiger charge is -2.25. The van der Waals surface area contributed by atoms with Crippen molar-refractivity contribution in [3.63, 3.8) is 0 Å². The van der Waals surface area contributed by atoms with Crippen LogP contribution in [0.2, 0.25) is 0 Å². The van der Waals surface area contributed by atoms with Crippen LogP contribution in [0, 0.1) is 0 Å². The lowest BCUT2D eigenvalue weighted by Crippen LogP contribution is -2.28. The summed E-state index contributed by atoms with van der Waals surface area (Å²) in [5, 5.41) is 1.03. The molecule has 1 heterocycles. The van der Waals surface area contributed by atoms with Gasteiger partial charge in [-0.15, -0.1) is 0 Å². The molecule has 0 atom stereocenters. The Hall–Kier alpha value is -2.82. The van der Waals surface area contributed by atoms with Crippen molar-refractivity contribution < 1.29 is 4.74 Å². The van der Waals surface area contributed by atoms with Crippen LogP contribution < -0.4 is 14.5 Å². The predicted octanol–water partition coefficient (Wildman–Crippen LogP) is 4.25. The number of aromatic nitrogens is 2. The SMILES string of the molecule is COc1ccc(N(C)c2nc(N(C)C(C)C)nc3ccccc23)cc1. The topological polar surface area (TPSA) is 41.5 Å². The Morgan fingerprint density at radius 3 is 2.24 bits per heavy atom. The molecule has 130 valence electrons. The van der Waals surface area contributed by atoms with Crippen molar-refractivity contribution >= 4 is 28.4 Å². The molecule has 3 rings (SSSR count). The number of nitrogens with zero attached hydrogens (tertiary/aromatic N) is 4. The maximum Gasteiger partial charge on any atom is 0.227 e. The molecule has 0 saturated heterocycles. The van der Waals surface area contributed by atoms with Crippen molar-refractivity contribution in [3.8, 4) is 5.75 Å². The highest BCUT2D eigenvalue weighted by Gasteiger charge is 2.16. The van der Waals surface area contributed by atoms with Gasteiger partial charge in [-0.05, 0) is 50.2 Å². The summed E-state index contributed by atoms with van der Waals surface area (Å²) in [6.07, 6.45) is 0. The number of para-hydroxylation sites is 1. The van der Waals surface area contributed by atoms with Gasteiger partial charge in [0, 0.05) is 31.2 Å². The van der Waals surface area contributed by atoms with Crippen molar-refractivity contribution in [3.05, 3.63) is 48.5 Å². The van der Waals surface area contributed by atoms with Crippen LogP contribution in [0.3, 0.4) is 0 Å². The van der Waals surface area contributed by atoms with Crippen LogP contribution in [0.4, 0.5) is 17.5 Å². The second-order valence-electron chi connectivity index (χ2n) is 6.33. The van der Waals surface area contributed by atoms with Crippen LogP contribution in [-0.2, 0) is 0 Å². The molecular formula is C20H24N4O. The maximum atomic E-state index is 5.25. The number of benzene rings is 2. The molecule has 0 amide bonds. The highest BCUT2D eigenvalue weighted by molar-refractivity contribution is 5.92. The molecule has 0 radical (unpaired) electrons. The smallest absolute Gasteiger partial charge is 0.227 e. The first kappa shape index (κ1) is 17.0. The largest absolute Gasteiger partial charge is 0.497 e. The van der Waals surface area contributed by atoms with E-state index >= 15 is 0 Å². The zero-order valence-corrected chi connectivity index (χ0v) is 15.4. The van der Waals surface area contributed by atoms with Crippen LogP contribution in [0.25, 0.3) is 10.9 Å². The third kappa shape index (κ3) is 3.36. The lowest BCUT2D eigenvalue weighted by molar-refractivity contribution is 0.415. The van der Waals surface area contributed by atoms with Crippen LogP contribution in [0.15, 0.2) is 48.5 Å². The summed E-state index contributed by atoms with van der Waals surface area (Å²) in [4.78, 5) is 13.7. The molecule has 5 heteroatoms. The maximum absolute atomic E-state index is 5.25. The second kappa shape index (κ2) is 6.97. The summed E-state index contributed by atoms with van der Waals surface area (Å²) >= 11 is 0. The van der Waals surface area contributed by atoms with Gasteiger partial charge in [-0.3, -0.25) is 0 Å². The quantitative estimate of drug-likeness (QED) is 0.697. The number of rotatable bonds is 5. The summed E-state index contributed by atoms with van der Waals surface area (Å²) in [7, 11) is 5.71. The molecule has 0 aliphatic heterocycles. The van der Waals surface area contributed by atoms with Gasteiger partial charge in [-0.2, -0.15) is 4.98 Å². The van der Waals surface area contributed by atoms with Gasteiger partial charge < -0.3 is 14.5 Å². The number of hydrogen-bond donors (Lipinski definition) is 0. The fraction of sp³-hybridized carbons (Fsp3) is 0.300. The van der Waals surface area contributed by atoms with E-state index in [2.05, 4.69) is 29.7 Å². The molecule has 0 aliphatic rings. The Kier molecular flexibility index (Phi) is 4.74. The molecule has 0 unspecified atom stereocenters. The zero-order valence-electron chi connectivity index (χ0n) is 15.4. The number of fused-ring (bicyclic) bond motifs is 1. The first-order valence-electron chi connectivity index (χ1n) is 8.38. The Morgan fingerprint density at radius 2 is 1.60 bits per heavy atom. The minimum atomic E-state index is 0.320. The van der Waals surface area contributed by atoms with Gasteiger partial charge in [0.25, 0.3) is 0 Å². The van der Waals surface area contributed by atoms with E-state index in [-0.39, 0.29) is 0 Å². The molecule has 0 aliphatic carbocycles.